The number of aromatic carboxylic acids is 1. The Morgan fingerprint density at radius 2 is 2.08 bits per heavy atom. The van der Waals surface area contributed by atoms with E-state index in [1.165, 1.54) is 18.2 Å². The summed E-state index contributed by atoms with van der Waals surface area (Å²) in [4.78, 5) is 37.7. The number of aliphatic hydroxyl groups excluding tert-OH is 1. The van der Waals surface area contributed by atoms with Crippen molar-refractivity contribution in [1.29, 1.82) is 0 Å². The second kappa shape index (κ2) is 4.89. The number of hydrogen-bond donors (Lipinski definition) is 2. The lowest BCUT2D eigenvalue weighted by Gasteiger charge is -2.26. The van der Waals surface area contributed by atoms with Gasteiger partial charge in [0, 0.05) is 0 Å². The molecule has 2 saturated heterocycles. The molecule has 2 amide bonds. The van der Waals surface area contributed by atoms with Gasteiger partial charge >= 0.3 is 5.97 Å². The molecule has 4 atom stereocenters. The quantitative estimate of drug-likeness (QED) is 0.619. The number of imide groups is 1. The summed E-state index contributed by atoms with van der Waals surface area (Å²) in [6.45, 7) is -0.408. The van der Waals surface area contributed by atoms with Gasteiger partial charge in [0.2, 0.25) is 11.8 Å². The molecule has 1 aromatic rings. The van der Waals surface area contributed by atoms with Gasteiger partial charge in [-0.2, -0.15) is 0 Å². The minimum Gasteiger partial charge on any atom is -0.478 e. The summed E-state index contributed by atoms with van der Waals surface area (Å²) < 4.78 is 5.64. The molecule has 0 unspecified atom stereocenters. The molecule has 24 heavy (non-hydrogen) atoms. The van der Waals surface area contributed by atoms with E-state index in [2.05, 4.69) is 0 Å². The highest BCUT2D eigenvalue weighted by Gasteiger charge is 2.67. The third-order valence-corrected chi connectivity index (χ3v) is 5.17. The lowest BCUT2D eigenvalue weighted by atomic mass is 9.77. The Kier molecular flexibility index (Phi) is 3.12. The topological polar surface area (TPSA) is 104 Å². The maximum absolute atomic E-state index is 12.8. The Labute approximate surface area is 141 Å². The molecular formula is C16H12ClNO6. The number of benzene rings is 1. The first kappa shape index (κ1) is 15.3. The highest BCUT2D eigenvalue weighted by atomic mass is 35.5. The van der Waals surface area contributed by atoms with Crippen molar-refractivity contribution < 1.29 is 29.3 Å². The number of anilines is 1. The highest BCUT2D eigenvalue weighted by Crippen LogP contribution is 2.52. The molecule has 8 heteroatoms. The minimum atomic E-state index is -1.25. The molecular weight excluding hydrogens is 338 g/mol. The molecule has 0 aromatic heterocycles. The standard InChI is InChI=1S/C16H12ClNO6/c17-9-2-1-7(5-8(9)15(22)23)18-13(20)11-10-3-4-16(6-19,24-10)12(11)14(18)21/h1-5,10-12,19H,6H2,(H,22,23)/t10-,11+,12+,16-/m1/s1. The van der Waals surface area contributed by atoms with Crippen LogP contribution in [0.1, 0.15) is 10.4 Å². The van der Waals surface area contributed by atoms with E-state index < -0.39 is 47.9 Å². The molecule has 2 N–H and O–H groups in total. The van der Waals surface area contributed by atoms with Gasteiger partial charge in [-0.1, -0.05) is 23.8 Å². The van der Waals surface area contributed by atoms with Crippen molar-refractivity contribution in [2.24, 2.45) is 11.8 Å². The van der Waals surface area contributed by atoms with Gasteiger partial charge in [0.1, 0.15) is 5.60 Å². The van der Waals surface area contributed by atoms with E-state index in [1.54, 1.807) is 12.2 Å². The van der Waals surface area contributed by atoms with Crippen LogP contribution in [0.4, 0.5) is 5.69 Å². The van der Waals surface area contributed by atoms with Crippen molar-refractivity contribution in [3.63, 3.8) is 0 Å². The fourth-order valence-electron chi connectivity index (χ4n) is 3.75. The Morgan fingerprint density at radius 3 is 2.75 bits per heavy atom. The molecule has 1 aromatic carbocycles. The fourth-order valence-corrected chi connectivity index (χ4v) is 3.95. The Balaban J connectivity index is 1.77. The van der Waals surface area contributed by atoms with Gasteiger partial charge in [-0.25, -0.2) is 9.69 Å². The number of carboxylic acids is 1. The van der Waals surface area contributed by atoms with Crippen LogP contribution in [-0.2, 0) is 14.3 Å². The molecule has 0 spiro atoms. The van der Waals surface area contributed by atoms with Gasteiger partial charge in [-0.15, -0.1) is 0 Å². The van der Waals surface area contributed by atoms with Gasteiger partial charge in [-0.05, 0) is 18.2 Å². The molecule has 0 saturated carbocycles. The number of carbonyl (C=O) groups is 3. The third-order valence-electron chi connectivity index (χ3n) is 4.84. The van der Waals surface area contributed by atoms with Crippen molar-refractivity contribution in [2.45, 2.75) is 11.7 Å². The van der Waals surface area contributed by atoms with E-state index in [4.69, 9.17) is 21.4 Å². The maximum atomic E-state index is 12.8. The largest absolute Gasteiger partial charge is 0.478 e. The van der Waals surface area contributed by atoms with E-state index in [1.807, 2.05) is 0 Å². The first-order chi connectivity index (χ1) is 11.4. The maximum Gasteiger partial charge on any atom is 0.337 e. The lowest BCUT2D eigenvalue weighted by Crippen LogP contribution is -2.43. The highest BCUT2D eigenvalue weighted by molar-refractivity contribution is 6.34. The number of carboxylic acid groups (broad SMARTS) is 1. The van der Waals surface area contributed by atoms with Gasteiger partial charge in [-0.3, -0.25) is 9.59 Å². The molecule has 4 rings (SSSR count). The SMILES string of the molecule is O=C(O)c1cc(N2C(=O)[C@@H]3[C@@H](C2=O)[C@]2(CO)C=C[C@H]3O2)ccc1Cl. The molecule has 3 heterocycles. The number of ether oxygens (including phenoxy) is 1. The molecule has 3 aliphatic heterocycles. The first-order valence-electron chi connectivity index (χ1n) is 7.28. The molecule has 3 aliphatic rings. The van der Waals surface area contributed by atoms with Gasteiger partial charge in [0.05, 0.1) is 40.8 Å². The van der Waals surface area contributed by atoms with Crippen LogP contribution in [0.2, 0.25) is 5.02 Å². The fraction of sp³-hybridized carbons (Fsp3) is 0.312. The normalized spacial score (nSPS) is 33.4. The van der Waals surface area contributed by atoms with E-state index in [9.17, 15) is 19.5 Å². The van der Waals surface area contributed by atoms with Crippen molar-refractivity contribution >= 4 is 35.1 Å². The monoisotopic (exact) mass is 349 g/mol. The van der Waals surface area contributed by atoms with Gasteiger partial charge in [0.25, 0.3) is 0 Å². The summed E-state index contributed by atoms with van der Waals surface area (Å²) in [5, 5.41) is 18.8. The van der Waals surface area contributed by atoms with Gasteiger partial charge in [0.15, 0.2) is 0 Å². The number of fused-ring (bicyclic) bond motifs is 5. The van der Waals surface area contributed by atoms with Crippen molar-refractivity contribution in [2.75, 3.05) is 11.5 Å². The first-order valence-corrected chi connectivity index (χ1v) is 7.66. The second-order valence-electron chi connectivity index (χ2n) is 6.04. The summed E-state index contributed by atoms with van der Waals surface area (Å²) in [5.74, 6) is -3.75. The third kappa shape index (κ3) is 1.77. The van der Waals surface area contributed by atoms with Crippen LogP contribution < -0.4 is 4.90 Å². The summed E-state index contributed by atoms with van der Waals surface area (Å²) >= 11 is 5.84. The average molecular weight is 350 g/mol. The zero-order valence-electron chi connectivity index (χ0n) is 12.2. The van der Waals surface area contributed by atoms with E-state index in [0.29, 0.717) is 0 Å². The molecule has 2 bridgehead atoms. The van der Waals surface area contributed by atoms with Crippen molar-refractivity contribution in [3.05, 3.63) is 40.9 Å². The molecule has 0 radical (unpaired) electrons. The van der Waals surface area contributed by atoms with E-state index >= 15 is 0 Å². The Morgan fingerprint density at radius 1 is 1.33 bits per heavy atom. The Bertz CT molecular complexity index is 821. The number of hydrogen-bond acceptors (Lipinski definition) is 5. The Hall–Kier alpha value is -2.22. The van der Waals surface area contributed by atoms with Crippen LogP contribution in [-0.4, -0.2) is 46.3 Å². The van der Waals surface area contributed by atoms with Crippen LogP contribution in [0.25, 0.3) is 0 Å². The second-order valence-corrected chi connectivity index (χ2v) is 6.45. The lowest BCUT2D eigenvalue weighted by molar-refractivity contribution is -0.128. The van der Waals surface area contributed by atoms with E-state index in [0.717, 1.165) is 4.90 Å². The molecule has 2 fully saturated rings. The number of nitrogens with zero attached hydrogens (tertiary/aromatic N) is 1. The summed E-state index contributed by atoms with van der Waals surface area (Å²) in [5.41, 5.74) is -1.23. The summed E-state index contributed by atoms with van der Waals surface area (Å²) in [7, 11) is 0. The predicted molar refractivity (Wildman–Crippen MR) is 81.7 cm³/mol. The van der Waals surface area contributed by atoms with Crippen LogP contribution in [0.15, 0.2) is 30.4 Å². The zero-order valence-corrected chi connectivity index (χ0v) is 12.9. The number of aliphatic hydroxyl groups is 1. The van der Waals surface area contributed by atoms with Crippen LogP contribution >= 0.6 is 11.6 Å². The minimum absolute atomic E-state index is 0.0161. The van der Waals surface area contributed by atoms with Crippen molar-refractivity contribution in [3.8, 4) is 0 Å². The van der Waals surface area contributed by atoms with Crippen molar-refractivity contribution in [1.82, 2.24) is 0 Å². The van der Waals surface area contributed by atoms with Gasteiger partial charge < -0.3 is 14.9 Å². The average Bonchev–Trinajstić information content (AvgIpc) is 3.19. The van der Waals surface area contributed by atoms with E-state index in [-0.39, 0.29) is 16.3 Å². The number of rotatable bonds is 3. The zero-order chi connectivity index (χ0) is 17.2. The molecule has 0 aliphatic carbocycles. The predicted octanol–water partition coefficient (Wildman–Crippen LogP) is 0.843. The van der Waals surface area contributed by atoms with Crippen LogP contribution in [0.3, 0.4) is 0 Å². The smallest absolute Gasteiger partial charge is 0.337 e. The molecule has 124 valence electrons. The number of carbonyl (C=O) groups excluding carboxylic acids is 2. The number of halogens is 1. The molecule has 7 nitrogen and oxygen atoms in total. The van der Waals surface area contributed by atoms with Crippen LogP contribution in [0.5, 0.6) is 0 Å². The number of amides is 2. The summed E-state index contributed by atoms with van der Waals surface area (Å²) in [6.07, 6.45) is 2.74. The summed E-state index contributed by atoms with van der Waals surface area (Å²) in [6, 6.07) is 3.96. The van der Waals surface area contributed by atoms with Crippen LogP contribution in [0, 0.1) is 11.8 Å².